The van der Waals surface area contributed by atoms with Gasteiger partial charge in [0, 0.05) is 18.2 Å². The van der Waals surface area contributed by atoms with Crippen molar-refractivity contribution in [3.63, 3.8) is 0 Å². The molecule has 1 aromatic carbocycles. The highest BCUT2D eigenvalue weighted by molar-refractivity contribution is 6.24. The molecule has 5 heteroatoms. The predicted octanol–water partition coefficient (Wildman–Crippen LogP) is 2.67. The molecule has 0 saturated heterocycles. The zero-order valence-electron chi connectivity index (χ0n) is 11.3. The number of hydrogen-bond donors (Lipinski definition) is 0. The van der Waals surface area contributed by atoms with E-state index in [9.17, 15) is 4.79 Å². The number of halogens is 1. The van der Waals surface area contributed by atoms with E-state index in [4.69, 9.17) is 21.1 Å². The van der Waals surface area contributed by atoms with Gasteiger partial charge in [-0.1, -0.05) is 29.8 Å². The molecule has 106 valence electrons. The lowest BCUT2D eigenvalue weighted by atomic mass is 10.00. The number of benzene rings is 1. The zero-order chi connectivity index (χ0) is 14.6. The molecule has 3 aliphatic heterocycles. The summed E-state index contributed by atoms with van der Waals surface area (Å²) >= 11 is 6.04. The zero-order valence-corrected chi connectivity index (χ0v) is 12.1. The number of para-hydroxylation sites is 1. The van der Waals surface area contributed by atoms with Crippen molar-refractivity contribution >= 4 is 23.1 Å². The van der Waals surface area contributed by atoms with Crippen LogP contribution in [0.4, 0.5) is 0 Å². The van der Waals surface area contributed by atoms with E-state index in [0.717, 1.165) is 11.1 Å². The van der Waals surface area contributed by atoms with Gasteiger partial charge in [-0.2, -0.15) is 0 Å². The minimum atomic E-state index is -0.552. The summed E-state index contributed by atoms with van der Waals surface area (Å²) in [6.07, 6.45) is 3.51. The third kappa shape index (κ3) is 1.79. The van der Waals surface area contributed by atoms with Crippen molar-refractivity contribution in [3.05, 3.63) is 59.1 Å². The van der Waals surface area contributed by atoms with Crippen molar-refractivity contribution in [1.82, 2.24) is 4.90 Å². The number of alkyl halides is 1. The van der Waals surface area contributed by atoms with Crippen molar-refractivity contribution < 1.29 is 14.3 Å². The number of fused-ring (bicyclic) bond motifs is 3. The molecule has 4 nitrogen and oxygen atoms in total. The van der Waals surface area contributed by atoms with Gasteiger partial charge in [-0.05, 0) is 18.2 Å². The first kappa shape index (κ1) is 12.5. The second kappa shape index (κ2) is 4.40. The van der Waals surface area contributed by atoms with E-state index in [-0.39, 0.29) is 5.91 Å². The summed E-state index contributed by atoms with van der Waals surface area (Å²) in [6.45, 7) is 0.488. The molecule has 0 aromatic heterocycles. The van der Waals surface area contributed by atoms with Crippen LogP contribution < -0.4 is 4.74 Å². The van der Waals surface area contributed by atoms with Gasteiger partial charge in [-0.3, -0.25) is 4.79 Å². The summed E-state index contributed by atoms with van der Waals surface area (Å²) in [6, 6.07) is 7.51. The van der Waals surface area contributed by atoms with E-state index < -0.39 is 5.56 Å². The Hall–Kier alpha value is -2.20. The highest BCUT2D eigenvalue weighted by atomic mass is 35.5. The van der Waals surface area contributed by atoms with Crippen LogP contribution in [0, 0.1) is 0 Å². The molecular weight excluding hydrogens is 290 g/mol. The third-order valence-corrected chi connectivity index (χ3v) is 4.00. The number of carbonyl (C=O) groups excluding carboxylic acids is 1. The summed E-state index contributed by atoms with van der Waals surface area (Å²) in [7, 11) is 1.78. The smallest absolute Gasteiger partial charge is 0.255 e. The number of nitrogens with zero attached hydrogens (tertiary/aromatic N) is 1. The highest BCUT2D eigenvalue weighted by Gasteiger charge is 2.37. The molecule has 4 rings (SSSR count). The molecule has 21 heavy (non-hydrogen) atoms. The fourth-order valence-corrected chi connectivity index (χ4v) is 2.96. The monoisotopic (exact) mass is 301 g/mol. The Morgan fingerprint density at radius 2 is 2.14 bits per heavy atom. The summed E-state index contributed by atoms with van der Waals surface area (Å²) in [5, 5.41) is 0. The molecule has 1 amide bonds. The van der Waals surface area contributed by atoms with Gasteiger partial charge in [-0.15, -0.1) is 0 Å². The average molecular weight is 302 g/mol. The van der Waals surface area contributed by atoms with Gasteiger partial charge in [0.15, 0.2) is 17.1 Å². The summed E-state index contributed by atoms with van der Waals surface area (Å²) in [4.78, 5) is 14.2. The molecule has 1 aromatic rings. The lowest BCUT2D eigenvalue weighted by Crippen LogP contribution is -2.23. The molecule has 0 unspecified atom stereocenters. The molecular formula is C16H12ClNO3. The molecule has 0 aliphatic carbocycles. The van der Waals surface area contributed by atoms with Crippen LogP contribution in [0.2, 0.25) is 0 Å². The quantitative estimate of drug-likeness (QED) is 0.692. The predicted molar refractivity (Wildman–Crippen MR) is 78.5 cm³/mol. The first-order chi connectivity index (χ1) is 10.1. The summed E-state index contributed by atoms with van der Waals surface area (Å²) in [5.41, 5.74) is 1.71. The second-order valence-corrected chi connectivity index (χ2v) is 5.56. The minimum absolute atomic E-state index is 0.0286. The number of ether oxygens (including phenoxy) is 2. The first-order valence-corrected chi connectivity index (χ1v) is 7.08. The van der Waals surface area contributed by atoms with Crippen molar-refractivity contribution in [2.24, 2.45) is 0 Å². The SMILES string of the molecule is CN1CC2=C(C1=O)c1ccccc1OC1=C2O[C@H](Cl)C=C1. The summed E-state index contributed by atoms with van der Waals surface area (Å²) in [5.74, 6) is 1.77. The lowest BCUT2D eigenvalue weighted by Gasteiger charge is -2.21. The first-order valence-electron chi connectivity index (χ1n) is 6.64. The van der Waals surface area contributed by atoms with Crippen molar-refractivity contribution in [2.45, 2.75) is 5.56 Å². The molecule has 0 spiro atoms. The van der Waals surface area contributed by atoms with Crippen molar-refractivity contribution in [2.75, 3.05) is 13.6 Å². The van der Waals surface area contributed by atoms with Crippen LogP contribution in [-0.4, -0.2) is 30.0 Å². The van der Waals surface area contributed by atoms with Gasteiger partial charge in [-0.25, -0.2) is 0 Å². The fourth-order valence-electron chi connectivity index (χ4n) is 2.80. The van der Waals surface area contributed by atoms with Crippen LogP contribution in [0.15, 0.2) is 53.5 Å². The Morgan fingerprint density at radius 1 is 1.33 bits per heavy atom. The third-order valence-electron chi connectivity index (χ3n) is 3.76. The van der Waals surface area contributed by atoms with Crippen LogP contribution in [0.25, 0.3) is 5.57 Å². The standard InChI is InChI=1S/C16H12ClNO3/c1-18-8-10-14(16(18)19)9-4-2-3-5-11(9)20-12-6-7-13(17)21-15(10)12/h2-7,13H,8H2,1H3/t13-/m0/s1. The molecule has 3 heterocycles. The van der Waals surface area contributed by atoms with Crippen LogP contribution >= 0.6 is 11.6 Å². The summed E-state index contributed by atoms with van der Waals surface area (Å²) < 4.78 is 11.6. The Balaban J connectivity index is 1.99. The number of amides is 1. The van der Waals surface area contributed by atoms with Gasteiger partial charge < -0.3 is 14.4 Å². The maximum Gasteiger partial charge on any atom is 0.255 e. The molecule has 1 atom stereocenters. The van der Waals surface area contributed by atoms with Crippen molar-refractivity contribution in [1.29, 1.82) is 0 Å². The fraction of sp³-hybridized carbons (Fsp3) is 0.188. The average Bonchev–Trinajstić information content (AvgIpc) is 2.70. The number of hydrogen-bond acceptors (Lipinski definition) is 3. The molecule has 0 saturated carbocycles. The Morgan fingerprint density at radius 3 is 3.00 bits per heavy atom. The van der Waals surface area contributed by atoms with Crippen molar-refractivity contribution in [3.8, 4) is 5.75 Å². The number of likely N-dealkylation sites (N-methyl/N-ethyl adjacent to an activating group) is 1. The van der Waals surface area contributed by atoms with Crippen LogP contribution in [0.1, 0.15) is 5.56 Å². The van der Waals surface area contributed by atoms with Crippen LogP contribution in [0.5, 0.6) is 5.75 Å². The maximum absolute atomic E-state index is 12.5. The van der Waals surface area contributed by atoms with E-state index in [1.807, 2.05) is 24.3 Å². The number of allylic oxidation sites excluding steroid dienone is 1. The van der Waals surface area contributed by atoms with Gasteiger partial charge in [0.1, 0.15) is 5.75 Å². The molecule has 0 fully saturated rings. The maximum atomic E-state index is 12.5. The Bertz CT molecular complexity index is 748. The van der Waals surface area contributed by atoms with Gasteiger partial charge in [0.2, 0.25) is 0 Å². The van der Waals surface area contributed by atoms with E-state index >= 15 is 0 Å². The number of carbonyl (C=O) groups is 1. The van der Waals surface area contributed by atoms with E-state index in [0.29, 0.717) is 29.4 Å². The Kier molecular flexibility index (Phi) is 2.62. The van der Waals surface area contributed by atoms with Gasteiger partial charge in [0.25, 0.3) is 5.91 Å². The second-order valence-electron chi connectivity index (χ2n) is 5.13. The highest BCUT2D eigenvalue weighted by Crippen LogP contribution is 2.42. The molecule has 0 N–H and O–H groups in total. The largest absolute Gasteiger partial charge is 0.467 e. The van der Waals surface area contributed by atoms with Crippen LogP contribution in [-0.2, 0) is 9.53 Å². The molecule has 0 radical (unpaired) electrons. The van der Waals surface area contributed by atoms with Gasteiger partial charge in [0.05, 0.1) is 12.1 Å². The molecule has 0 bridgehead atoms. The van der Waals surface area contributed by atoms with E-state index in [1.54, 1.807) is 24.1 Å². The molecule has 3 aliphatic rings. The van der Waals surface area contributed by atoms with E-state index in [1.165, 1.54) is 0 Å². The normalized spacial score (nSPS) is 23.2. The topological polar surface area (TPSA) is 38.8 Å². The minimum Gasteiger partial charge on any atom is -0.467 e. The van der Waals surface area contributed by atoms with Crippen LogP contribution in [0.3, 0.4) is 0 Å². The Labute approximate surface area is 126 Å². The van der Waals surface area contributed by atoms with E-state index in [2.05, 4.69) is 0 Å². The lowest BCUT2D eigenvalue weighted by molar-refractivity contribution is -0.122. The number of rotatable bonds is 0. The van der Waals surface area contributed by atoms with Gasteiger partial charge >= 0.3 is 0 Å².